The summed E-state index contributed by atoms with van der Waals surface area (Å²) in [5.74, 6) is -0.534. The molecule has 5 nitrogen and oxygen atoms in total. The van der Waals surface area contributed by atoms with Crippen molar-refractivity contribution < 1.29 is 19.4 Å². The number of amides is 1. The van der Waals surface area contributed by atoms with E-state index in [4.69, 9.17) is 9.84 Å². The Bertz CT molecular complexity index is 400. The van der Waals surface area contributed by atoms with Gasteiger partial charge in [0.2, 0.25) is 5.91 Å². The molecular weight excluding hydrogens is 234 g/mol. The molecule has 0 saturated carbocycles. The van der Waals surface area contributed by atoms with Crippen molar-refractivity contribution in [2.24, 2.45) is 0 Å². The molecule has 1 aromatic carbocycles. The molecule has 0 fully saturated rings. The first-order valence-corrected chi connectivity index (χ1v) is 5.86. The van der Waals surface area contributed by atoms with E-state index < -0.39 is 5.97 Å². The fraction of sp³-hybridized carbons (Fsp3) is 0.385. The van der Waals surface area contributed by atoms with E-state index in [1.54, 1.807) is 24.3 Å². The lowest BCUT2D eigenvalue weighted by Crippen LogP contribution is -2.13. The van der Waals surface area contributed by atoms with Gasteiger partial charge in [0.1, 0.15) is 5.75 Å². The lowest BCUT2D eigenvalue weighted by atomic mass is 10.2. The standard InChI is InChI=1S/C13H17NO4/c1-2-9-18-11-5-3-10(4-6-11)14-12(15)7-8-13(16)17/h3-6H,2,7-9H2,1H3,(H,14,15)(H,16,17). The first-order valence-electron chi connectivity index (χ1n) is 5.86. The van der Waals surface area contributed by atoms with Gasteiger partial charge in [-0.3, -0.25) is 9.59 Å². The monoisotopic (exact) mass is 251 g/mol. The minimum atomic E-state index is -0.978. The Kier molecular flexibility index (Phi) is 5.70. The van der Waals surface area contributed by atoms with Crippen LogP contribution in [-0.4, -0.2) is 23.6 Å². The maximum absolute atomic E-state index is 11.4. The summed E-state index contributed by atoms with van der Waals surface area (Å²) < 4.78 is 5.40. The summed E-state index contributed by atoms with van der Waals surface area (Å²) in [4.78, 5) is 21.7. The van der Waals surface area contributed by atoms with E-state index >= 15 is 0 Å². The number of carboxylic acid groups (broad SMARTS) is 1. The van der Waals surface area contributed by atoms with Gasteiger partial charge in [-0.05, 0) is 30.7 Å². The van der Waals surface area contributed by atoms with Crippen molar-refractivity contribution in [3.05, 3.63) is 24.3 Å². The summed E-state index contributed by atoms with van der Waals surface area (Å²) in [6, 6.07) is 6.98. The number of anilines is 1. The molecule has 0 radical (unpaired) electrons. The Morgan fingerprint density at radius 1 is 1.22 bits per heavy atom. The number of ether oxygens (including phenoxy) is 1. The summed E-state index contributed by atoms with van der Waals surface area (Å²) in [7, 11) is 0. The topological polar surface area (TPSA) is 75.6 Å². The van der Waals surface area contributed by atoms with E-state index in [1.807, 2.05) is 6.92 Å². The Balaban J connectivity index is 2.42. The predicted octanol–water partition coefficient (Wildman–Crippen LogP) is 2.28. The predicted molar refractivity (Wildman–Crippen MR) is 67.7 cm³/mol. The number of aliphatic carboxylic acids is 1. The molecule has 18 heavy (non-hydrogen) atoms. The Morgan fingerprint density at radius 3 is 2.44 bits per heavy atom. The molecular formula is C13H17NO4. The second-order valence-electron chi connectivity index (χ2n) is 3.81. The van der Waals surface area contributed by atoms with Crippen LogP contribution < -0.4 is 10.1 Å². The van der Waals surface area contributed by atoms with Gasteiger partial charge in [0.05, 0.1) is 13.0 Å². The highest BCUT2D eigenvalue weighted by molar-refractivity contribution is 5.92. The van der Waals surface area contributed by atoms with Crippen LogP contribution in [0.4, 0.5) is 5.69 Å². The molecule has 0 aliphatic heterocycles. The van der Waals surface area contributed by atoms with Crippen molar-refractivity contribution in [2.75, 3.05) is 11.9 Å². The summed E-state index contributed by atoms with van der Waals surface area (Å²) in [6.07, 6.45) is 0.751. The molecule has 0 bridgehead atoms. The van der Waals surface area contributed by atoms with Crippen LogP contribution in [0.3, 0.4) is 0 Å². The molecule has 0 heterocycles. The molecule has 0 saturated heterocycles. The minimum absolute atomic E-state index is 0.0244. The SMILES string of the molecule is CCCOc1ccc(NC(=O)CCC(=O)O)cc1. The van der Waals surface area contributed by atoms with E-state index in [0.29, 0.717) is 12.3 Å². The second kappa shape index (κ2) is 7.32. The second-order valence-corrected chi connectivity index (χ2v) is 3.81. The van der Waals surface area contributed by atoms with Gasteiger partial charge in [0.25, 0.3) is 0 Å². The smallest absolute Gasteiger partial charge is 0.303 e. The van der Waals surface area contributed by atoms with Gasteiger partial charge in [0.15, 0.2) is 0 Å². The molecule has 0 unspecified atom stereocenters. The van der Waals surface area contributed by atoms with E-state index in [-0.39, 0.29) is 18.7 Å². The first-order chi connectivity index (χ1) is 8.61. The van der Waals surface area contributed by atoms with Crippen LogP contribution in [0.5, 0.6) is 5.75 Å². The van der Waals surface area contributed by atoms with Gasteiger partial charge >= 0.3 is 5.97 Å². The van der Waals surface area contributed by atoms with Crippen molar-refractivity contribution >= 4 is 17.6 Å². The zero-order valence-electron chi connectivity index (χ0n) is 10.3. The fourth-order valence-corrected chi connectivity index (χ4v) is 1.30. The van der Waals surface area contributed by atoms with Crippen LogP contribution in [0.25, 0.3) is 0 Å². The van der Waals surface area contributed by atoms with Gasteiger partial charge in [-0.1, -0.05) is 6.92 Å². The molecule has 0 aromatic heterocycles. The van der Waals surface area contributed by atoms with Gasteiger partial charge in [-0.25, -0.2) is 0 Å². The molecule has 0 spiro atoms. The molecule has 1 aromatic rings. The number of carboxylic acids is 1. The quantitative estimate of drug-likeness (QED) is 0.779. The normalized spacial score (nSPS) is 9.83. The Hall–Kier alpha value is -2.04. The highest BCUT2D eigenvalue weighted by atomic mass is 16.5. The lowest BCUT2D eigenvalue weighted by Gasteiger charge is -2.07. The first kappa shape index (κ1) is 14.0. The van der Waals surface area contributed by atoms with Crippen LogP contribution in [0.2, 0.25) is 0 Å². The molecule has 5 heteroatoms. The summed E-state index contributed by atoms with van der Waals surface area (Å²) in [5, 5.41) is 11.1. The number of carbonyl (C=O) groups excluding carboxylic acids is 1. The molecule has 0 aliphatic rings. The van der Waals surface area contributed by atoms with Crippen LogP contribution in [0.15, 0.2) is 24.3 Å². The zero-order valence-corrected chi connectivity index (χ0v) is 10.3. The highest BCUT2D eigenvalue weighted by Gasteiger charge is 2.05. The molecule has 2 N–H and O–H groups in total. The maximum Gasteiger partial charge on any atom is 0.303 e. The minimum Gasteiger partial charge on any atom is -0.494 e. The van der Waals surface area contributed by atoms with Gasteiger partial charge in [-0.15, -0.1) is 0 Å². The molecule has 0 atom stereocenters. The largest absolute Gasteiger partial charge is 0.494 e. The van der Waals surface area contributed by atoms with Crippen molar-refractivity contribution in [3.8, 4) is 5.75 Å². The van der Waals surface area contributed by atoms with Gasteiger partial charge in [-0.2, -0.15) is 0 Å². The number of hydrogen-bond donors (Lipinski definition) is 2. The van der Waals surface area contributed by atoms with Crippen molar-refractivity contribution in [1.82, 2.24) is 0 Å². The zero-order chi connectivity index (χ0) is 13.4. The van der Waals surface area contributed by atoms with E-state index in [2.05, 4.69) is 5.32 Å². The summed E-state index contributed by atoms with van der Waals surface area (Å²) in [5.41, 5.74) is 0.634. The number of benzene rings is 1. The summed E-state index contributed by atoms with van der Waals surface area (Å²) in [6.45, 7) is 2.68. The van der Waals surface area contributed by atoms with E-state index in [1.165, 1.54) is 0 Å². The Morgan fingerprint density at radius 2 is 1.89 bits per heavy atom. The third kappa shape index (κ3) is 5.34. The highest BCUT2D eigenvalue weighted by Crippen LogP contribution is 2.16. The third-order valence-electron chi connectivity index (χ3n) is 2.18. The number of carbonyl (C=O) groups is 2. The number of nitrogens with one attached hydrogen (secondary N) is 1. The van der Waals surface area contributed by atoms with E-state index in [9.17, 15) is 9.59 Å². The van der Waals surface area contributed by atoms with Gasteiger partial charge in [0, 0.05) is 12.1 Å². The number of rotatable bonds is 7. The molecule has 1 amide bonds. The molecule has 0 aliphatic carbocycles. The van der Waals surface area contributed by atoms with Crippen molar-refractivity contribution in [1.29, 1.82) is 0 Å². The van der Waals surface area contributed by atoms with E-state index in [0.717, 1.165) is 12.2 Å². The lowest BCUT2D eigenvalue weighted by molar-refractivity contribution is -0.138. The van der Waals surface area contributed by atoms with Crippen molar-refractivity contribution in [3.63, 3.8) is 0 Å². The summed E-state index contributed by atoms with van der Waals surface area (Å²) >= 11 is 0. The number of hydrogen-bond acceptors (Lipinski definition) is 3. The fourth-order valence-electron chi connectivity index (χ4n) is 1.30. The molecule has 1 rings (SSSR count). The average Bonchev–Trinajstić information content (AvgIpc) is 2.35. The van der Waals surface area contributed by atoms with Crippen LogP contribution in [0.1, 0.15) is 26.2 Å². The maximum atomic E-state index is 11.4. The van der Waals surface area contributed by atoms with Crippen LogP contribution in [-0.2, 0) is 9.59 Å². The van der Waals surface area contributed by atoms with Crippen LogP contribution >= 0.6 is 0 Å². The third-order valence-corrected chi connectivity index (χ3v) is 2.18. The molecule has 98 valence electrons. The Labute approximate surface area is 106 Å². The van der Waals surface area contributed by atoms with Crippen molar-refractivity contribution in [2.45, 2.75) is 26.2 Å². The average molecular weight is 251 g/mol. The van der Waals surface area contributed by atoms with Gasteiger partial charge < -0.3 is 15.2 Å². The van der Waals surface area contributed by atoms with Crippen LogP contribution in [0, 0.1) is 0 Å².